The molecule has 0 amide bonds. The number of aromatic amines is 1. The first-order valence-corrected chi connectivity index (χ1v) is 6.20. The number of benzene rings is 1. The maximum atomic E-state index is 3.22. The van der Waals surface area contributed by atoms with Crippen molar-refractivity contribution in [3.63, 3.8) is 0 Å². The van der Waals surface area contributed by atoms with E-state index in [0.29, 0.717) is 0 Å². The topological polar surface area (TPSA) is 15.8 Å². The molecule has 2 aromatic heterocycles. The average molecular weight is 227 g/mol. The van der Waals surface area contributed by atoms with Crippen LogP contribution in [0.4, 0.5) is 0 Å². The Bertz CT molecular complexity index is 646. The average Bonchev–Trinajstić information content (AvgIpc) is 2.83. The lowest BCUT2D eigenvalue weighted by Crippen LogP contribution is -1.75. The first-order valence-electron chi connectivity index (χ1n) is 5.38. The van der Waals surface area contributed by atoms with Crippen LogP contribution in [0.1, 0.15) is 10.4 Å². The summed E-state index contributed by atoms with van der Waals surface area (Å²) in [6.07, 6.45) is 1.99. The minimum Gasteiger partial charge on any atom is -0.361 e. The predicted molar refractivity (Wildman–Crippen MR) is 71.1 cm³/mol. The molecule has 16 heavy (non-hydrogen) atoms. The summed E-state index contributed by atoms with van der Waals surface area (Å²) in [5, 5.41) is 1.28. The van der Waals surface area contributed by atoms with E-state index >= 15 is 0 Å². The molecule has 0 aliphatic heterocycles. The molecule has 1 nitrogen and oxygen atoms in total. The van der Waals surface area contributed by atoms with Gasteiger partial charge in [-0.1, -0.05) is 6.07 Å². The minimum absolute atomic E-state index is 1.20. The molecule has 2 heterocycles. The zero-order valence-corrected chi connectivity index (χ0v) is 10.2. The lowest BCUT2D eigenvalue weighted by atomic mass is 10.1. The Balaban J connectivity index is 2.21. The van der Waals surface area contributed by atoms with Crippen molar-refractivity contribution in [2.24, 2.45) is 0 Å². The smallest absolute Gasteiger partial charge is 0.0454 e. The summed E-state index contributed by atoms with van der Waals surface area (Å²) in [5.74, 6) is 0. The molecular weight excluding hydrogens is 214 g/mol. The normalized spacial score (nSPS) is 11.1. The number of fused-ring (bicyclic) bond motifs is 1. The Labute approximate surface area is 98.7 Å². The highest BCUT2D eigenvalue weighted by molar-refractivity contribution is 7.15. The Kier molecular flexibility index (Phi) is 2.11. The molecule has 0 aliphatic carbocycles. The largest absolute Gasteiger partial charge is 0.361 e. The Morgan fingerprint density at radius 3 is 2.69 bits per heavy atom. The molecule has 1 aromatic carbocycles. The third kappa shape index (κ3) is 1.46. The van der Waals surface area contributed by atoms with E-state index < -0.39 is 0 Å². The van der Waals surface area contributed by atoms with E-state index in [1.54, 1.807) is 0 Å². The number of rotatable bonds is 1. The second kappa shape index (κ2) is 3.49. The lowest BCUT2D eigenvalue weighted by molar-refractivity contribution is 1.47. The van der Waals surface area contributed by atoms with Crippen LogP contribution in [0.25, 0.3) is 21.3 Å². The fourth-order valence-electron chi connectivity index (χ4n) is 2.12. The van der Waals surface area contributed by atoms with Crippen molar-refractivity contribution in [2.75, 3.05) is 0 Å². The van der Waals surface area contributed by atoms with Crippen LogP contribution >= 0.6 is 11.3 Å². The number of thiophene rings is 1. The molecular formula is C14H13NS. The second-order valence-electron chi connectivity index (χ2n) is 4.15. The molecule has 0 spiro atoms. The van der Waals surface area contributed by atoms with Gasteiger partial charge in [-0.2, -0.15) is 0 Å². The summed E-state index contributed by atoms with van der Waals surface area (Å²) in [7, 11) is 0. The van der Waals surface area contributed by atoms with Crippen LogP contribution in [0.5, 0.6) is 0 Å². The van der Waals surface area contributed by atoms with E-state index in [9.17, 15) is 0 Å². The third-order valence-electron chi connectivity index (χ3n) is 2.86. The van der Waals surface area contributed by atoms with Gasteiger partial charge in [0.15, 0.2) is 0 Å². The fraction of sp³-hybridized carbons (Fsp3) is 0.143. The van der Waals surface area contributed by atoms with Gasteiger partial charge in [-0.15, -0.1) is 11.3 Å². The second-order valence-corrected chi connectivity index (χ2v) is 5.41. The molecule has 3 aromatic rings. The number of aryl methyl sites for hydroxylation is 2. The molecule has 80 valence electrons. The molecule has 3 rings (SSSR count). The Morgan fingerprint density at radius 1 is 1.06 bits per heavy atom. The van der Waals surface area contributed by atoms with E-state index in [2.05, 4.69) is 49.2 Å². The first kappa shape index (κ1) is 9.67. The van der Waals surface area contributed by atoms with Gasteiger partial charge in [0.1, 0.15) is 0 Å². The molecule has 0 bridgehead atoms. The number of hydrogen-bond acceptors (Lipinski definition) is 1. The summed E-state index contributed by atoms with van der Waals surface area (Å²) >= 11 is 1.87. The van der Waals surface area contributed by atoms with Crippen molar-refractivity contribution in [1.82, 2.24) is 4.98 Å². The van der Waals surface area contributed by atoms with E-state index in [1.807, 2.05) is 17.5 Å². The van der Waals surface area contributed by atoms with Gasteiger partial charge in [-0.3, -0.25) is 0 Å². The fourth-order valence-corrected chi connectivity index (χ4v) is 3.14. The molecule has 1 N–H and O–H groups in total. The van der Waals surface area contributed by atoms with E-state index in [4.69, 9.17) is 0 Å². The first-order chi connectivity index (χ1) is 7.74. The quantitative estimate of drug-likeness (QED) is 0.629. The molecule has 0 radical (unpaired) electrons. The summed E-state index contributed by atoms with van der Waals surface area (Å²) in [6, 6.07) is 11.0. The number of H-pyrrole nitrogens is 1. The Hall–Kier alpha value is -1.54. The van der Waals surface area contributed by atoms with Crippen molar-refractivity contribution in [1.29, 1.82) is 0 Å². The summed E-state index contributed by atoms with van der Waals surface area (Å²) in [5.41, 5.74) is 3.90. The van der Waals surface area contributed by atoms with Crippen LogP contribution in [0, 0.1) is 13.8 Å². The van der Waals surface area contributed by atoms with Crippen LogP contribution in [0.2, 0.25) is 0 Å². The van der Waals surface area contributed by atoms with Crippen molar-refractivity contribution in [2.45, 2.75) is 13.8 Å². The maximum absolute atomic E-state index is 3.22. The van der Waals surface area contributed by atoms with Gasteiger partial charge in [0.05, 0.1) is 0 Å². The molecule has 0 saturated heterocycles. The van der Waals surface area contributed by atoms with Crippen molar-refractivity contribution in [3.8, 4) is 10.4 Å². The van der Waals surface area contributed by atoms with Gasteiger partial charge in [0.2, 0.25) is 0 Å². The van der Waals surface area contributed by atoms with Gasteiger partial charge in [0, 0.05) is 21.5 Å². The summed E-state index contributed by atoms with van der Waals surface area (Å²) < 4.78 is 0. The van der Waals surface area contributed by atoms with Crippen molar-refractivity contribution in [3.05, 3.63) is 47.0 Å². The lowest BCUT2D eigenvalue weighted by Gasteiger charge is -2.00. The maximum Gasteiger partial charge on any atom is 0.0454 e. The van der Waals surface area contributed by atoms with E-state index in [-0.39, 0.29) is 0 Å². The number of nitrogens with one attached hydrogen (secondary N) is 1. The highest BCUT2D eigenvalue weighted by Gasteiger charge is 2.06. The van der Waals surface area contributed by atoms with Gasteiger partial charge >= 0.3 is 0 Å². The molecule has 0 saturated carbocycles. The standard InChI is InChI=1S/C14H13NS/c1-9-7-10(2)16-14(9)12-3-4-13-11(8-12)5-6-15-13/h3-8,15H,1-2H3. The van der Waals surface area contributed by atoms with Crippen LogP contribution in [-0.2, 0) is 0 Å². The molecule has 0 fully saturated rings. The van der Waals surface area contributed by atoms with Gasteiger partial charge in [-0.25, -0.2) is 0 Å². The SMILES string of the molecule is Cc1cc(C)c(-c2ccc3[nH]ccc3c2)s1. The van der Waals surface area contributed by atoms with Crippen molar-refractivity contribution >= 4 is 22.2 Å². The highest BCUT2D eigenvalue weighted by Crippen LogP contribution is 2.33. The van der Waals surface area contributed by atoms with Gasteiger partial charge in [-0.05, 0) is 54.6 Å². The zero-order valence-electron chi connectivity index (χ0n) is 9.37. The molecule has 0 aliphatic rings. The third-order valence-corrected chi connectivity index (χ3v) is 4.06. The van der Waals surface area contributed by atoms with Crippen LogP contribution in [-0.4, -0.2) is 4.98 Å². The number of hydrogen-bond donors (Lipinski definition) is 1. The Morgan fingerprint density at radius 2 is 1.94 bits per heavy atom. The minimum atomic E-state index is 1.20. The highest BCUT2D eigenvalue weighted by atomic mass is 32.1. The van der Waals surface area contributed by atoms with Crippen LogP contribution in [0.15, 0.2) is 36.5 Å². The van der Waals surface area contributed by atoms with Crippen LogP contribution < -0.4 is 0 Å². The molecule has 2 heteroatoms. The van der Waals surface area contributed by atoms with Gasteiger partial charge < -0.3 is 4.98 Å². The summed E-state index contributed by atoms with van der Waals surface area (Å²) in [6.45, 7) is 4.34. The zero-order chi connectivity index (χ0) is 11.1. The predicted octanol–water partition coefficient (Wildman–Crippen LogP) is 4.51. The van der Waals surface area contributed by atoms with Crippen molar-refractivity contribution < 1.29 is 0 Å². The molecule has 0 unspecified atom stereocenters. The van der Waals surface area contributed by atoms with E-state index in [1.165, 1.54) is 31.8 Å². The molecule has 0 atom stereocenters. The van der Waals surface area contributed by atoms with Crippen LogP contribution in [0.3, 0.4) is 0 Å². The monoisotopic (exact) mass is 227 g/mol. The summed E-state index contributed by atoms with van der Waals surface area (Å²) in [4.78, 5) is 5.99. The van der Waals surface area contributed by atoms with E-state index in [0.717, 1.165) is 0 Å². The van der Waals surface area contributed by atoms with Gasteiger partial charge in [0.25, 0.3) is 0 Å². The number of aromatic nitrogens is 1.